The molecule has 6 rings (SSSR count). The van der Waals surface area contributed by atoms with Crippen molar-refractivity contribution in [2.24, 2.45) is 11.1 Å². The summed E-state index contributed by atoms with van der Waals surface area (Å²) in [5, 5.41) is 0. The van der Waals surface area contributed by atoms with Crippen LogP contribution in [0.2, 0.25) is 0 Å². The number of primary amides is 1. The van der Waals surface area contributed by atoms with Gasteiger partial charge in [-0.05, 0) is 99.1 Å². The van der Waals surface area contributed by atoms with E-state index in [1.165, 1.54) is 24.4 Å². The van der Waals surface area contributed by atoms with E-state index in [1.54, 1.807) is 6.07 Å². The molecule has 3 aliphatic rings. The van der Waals surface area contributed by atoms with E-state index in [1.807, 2.05) is 24.8 Å². The number of halogens is 1. The fraction of sp³-hybridized carbons (Fsp3) is 0.571. The number of nitrogens with two attached hydrogens (primary N) is 1. The SMILES string of the molecule is Cc1nc2ccccc2n1C1C[C@H]2CC[C@@H](C1)N2CCC1(c2cccc(F)c2)CCN(C(=O)CC(C)(C)CC(N)=O)CC1. The van der Waals surface area contributed by atoms with Gasteiger partial charge in [-0.2, -0.15) is 0 Å². The van der Waals surface area contributed by atoms with Crippen LogP contribution in [0.3, 0.4) is 0 Å². The third-order valence-corrected chi connectivity index (χ3v) is 10.6. The first-order valence-corrected chi connectivity index (χ1v) is 16.1. The van der Waals surface area contributed by atoms with Crippen LogP contribution in [-0.4, -0.2) is 62.9 Å². The standard InChI is InChI=1S/C35H46FN5O2/c1-24-38-30-9-4-5-10-31(30)41(24)29-20-27-11-12-28(21-29)40(27)18-15-35(25-7-6-8-26(36)19-25)13-16-39(17-14-35)33(43)23-34(2,3)22-32(37)42/h4-10,19,27-29H,11-18,20-23H2,1-3H3,(H2,37,42)/t27-,28+,29?. The molecule has 3 fully saturated rings. The second kappa shape index (κ2) is 11.7. The highest BCUT2D eigenvalue weighted by atomic mass is 19.1. The van der Waals surface area contributed by atoms with Crippen molar-refractivity contribution in [3.8, 4) is 0 Å². The number of nitrogens with zero attached hydrogens (tertiary/aromatic N) is 4. The molecule has 7 nitrogen and oxygen atoms in total. The Morgan fingerprint density at radius 1 is 1.00 bits per heavy atom. The average Bonchev–Trinajstić information content (AvgIpc) is 3.41. The van der Waals surface area contributed by atoms with E-state index in [2.05, 4.69) is 46.7 Å². The van der Waals surface area contributed by atoms with Gasteiger partial charge in [-0.15, -0.1) is 0 Å². The second-order valence-corrected chi connectivity index (χ2v) is 14.2. The van der Waals surface area contributed by atoms with E-state index in [9.17, 15) is 14.0 Å². The molecule has 2 amide bonds. The van der Waals surface area contributed by atoms with Gasteiger partial charge in [0.15, 0.2) is 0 Å². The third-order valence-electron chi connectivity index (χ3n) is 10.6. The van der Waals surface area contributed by atoms with Crippen LogP contribution in [0.15, 0.2) is 48.5 Å². The quantitative estimate of drug-likeness (QED) is 0.338. The highest BCUT2D eigenvalue weighted by Crippen LogP contribution is 2.45. The Morgan fingerprint density at radius 2 is 1.70 bits per heavy atom. The molecule has 0 radical (unpaired) electrons. The lowest BCUT2D eigenvalue weighted by atomic mass is 9.70. The zero-order valence-corrected chi connectivity index (χ0v) is 25.9. The van der Waals surface area contributed by atoms with Crippen LogP contribution in [0.25, 0.3) is 11.0 Å². The van der Waals surface area contributed by atoms with E-state index >= 15 is 0 Å². The number of rotatable bonds is 9. The lowest BCUT2D eigenvalue weighted by molar-refractivity contribution is -0.135. The molecule has 3 atom stereocenters. The number of amides is 2. The van der Waals surface area contributed by atoms with Gasteiger partial charge in [0.1, 0.15) is 11.6 Å². The molecule has 2 aromatic carbocycles. The van der Waals surface area contributed by atoms with Crippen LogP contribution >= 0.6 is 0 Å². The molecule has 2 N–H and O–H groups in total. The Balaban J connectivity index is 1.15. The summed E-state index contributed by atoms with van der Waals surface area (Å²) in [6, 6.07) is 17.1. The molecule has 2 bridgehead atoms. The van der Waals surface area contributed by atoms with Crippen molar-refractivity contribution >= 4 is 22.8 Å². The van der Waals surface area contributed by atoms with Crippen molar-refractivity contribution in [2.45, 2.75) is 102 Å². The van der Waals surface area contributed by atoms with Gasteiger partial charge in [0.25, 0.3) is 0 Å². The molecular weight excluding hydrogens is 541 g/mol. The van der Waals surface area contributed by atoms with Crippen LogP contribution in [0, 0.1) is 18.2 Å². The van der Waals surface area contributed by atoms with E-state index < -0.39 is 5.41 Å². The molecule has 8 heteroatoms. The third kappa shape index (κ3) is 6.08. The first kappa shape index (κ1) is 29.8. The van der Waals surface area contributed by atoms with Crippen molar-refractivity contribution in [3.63, 3.8) is 0 Å². The molecule has 43 heavy (non-hydrogen) atoms. The summed E-state index contributed by atoms with van der Waals surface area (Å²) in [7, 11) is 0. The summed E-state index contributed by atoms with van der Waals surface area (Å²) in [4.78, 5) is 34.3. The molecule has 4 heterocycles. The van der Waals surface area contributed by atoms with Gasteiger partial charge in [0.2, 0.25) is 11.8 Å². The lowest BCUT2D eigenvalue weighted by Crippen LogP contribution is -2.49. The molecule has 3 aromatic rings. The Bertz CT molecular complexity index is 1480. The largest absolute Gasteiger partial charge is 0.370 e. The van der Waals surface area contributed by atoms with Crippen LogP contribution in [-0.2, 0) is 15.0 Å². The number of carbonyl (C=O) groups is 2. The van der Waals surface area contributed by atoms with Crippen LogP contribution in [0.1, 0.15) is 89.1 Å². The zero-order chi connectivity index (χ0) is 30.4. The fourth-order valence-electron chi connectivity index (χ4n) is 8.53. The number of hydrogen-bond donors (Lipinski definition) is 1. The lowest BCUT2D eigenvalue weighted by Gasteiger charge is -2.46. The average molecular weight is 588 g/mol. The number of aryl methyl sites for hydroxylation is 1. The predicted octanol–water partition coefficient (Wildman–Crippen LogP) is 5.89. The monoisotopic (exact) mass is 587 g/mol. The number of likely N-dealkylation sites (tertiary alicyclic amines) is 1. The Kier molecular flexibility index (Phi) is 8.09. The number of imidazole rings is 1. The number of benzene rings is 2. The van der Waals surface area contributed by atoms with Gasteiger partial charge in [-0.1, -0.05) is 38.1 Å². The number of piperidine rings is 2. The summed E-state index contributed by atoms with van der Waals surface area (Å²) >= 11 is 0. The van der Waals surface area contributed by atoms with E-state index in [-0.39, 0.29) is 29.5 Å². The molecule has 3 saturated heterocycles. The highest BCUT2D eigenvalue weighted by molar-refractivity contribution is 5.79. The van der Waals surface area contributed by atoms with Crippen molar-refractivity contribution < 1.29 is 14.0 Å². The first-order chi connectivity index (χ1) is 20.5. The summed E-state index contributed by atoms with van der Waals surface area (Å²) in [5.41, 5.74) is 8.15. The van der Waals surface area contributed by atoms with E-state index in [4.69, 9.17) is 10.7 Å². The predicted molar refractivity (Wildman–Crippen MR) is 167 cm³/mol. The first-order valence-electron chi connectivity index (χ1n) is 16.1. The number of hydrogen-bond acceptors (Lipinski definition) is 4. The van der Waals surface area contributed by atoms with Gasteiger partial charge in [-0.3, -0.25) is 14.5 Å². The second-order valence-electron chi connectivity index (χ2n) is 14.2. The van der Waals surface area contributed by atoms with Crippen LogP contribution in [0.5, 0.6) is 0 Å². The maximum absolute atomic E-state index is 14.5. The normalized spacial score (nSPS) is 24.0. The fourth-order valence-corrected chi connectivity index (χ4v) is 8.53. The number of para-hydroxylation sites is 2. The summed E-state index contributed by atoms with van der Waals surface area (Å²) in [6.07, 6.45) is 7.78. The molecule has 1 unspecified atom stereocenters. The summed E-state index contributed by atoms with van der Waals surface area (Å²) < 4.78 is 17.0. The minimum atomic E-state index is -0.465. The van der Waals surface area contributed by atoms with Gasteiger partial charge in [0, 0.05) is 44.1 Å². The van der Waals surface area contributed by atoms with Crippen molar-refractivity contribution in [1.29, 1.82) is 0 Å². The molecule has 0 aliphatic carbocycles. The maximum Gasteiger partial charge on any atom is 0.223 e. The van der Waals surface area contributed by atoms with Crippen LogP contribution in [0.4, 0.5) is 4.39 Å². The molecule has 230 valence electrons. The summed E-state index contributed by atoms with van der Waals surface area (Å²) in [5.74, 6) is 0.588. The minimum absolute atomic E-state index is 0.0709. The molecule has 0 saturated carbocycles. The minimum Gasteiger partial charge on any atom is -0.370 e. The molecule has 3 aliphatic heterocycles. The smallest absolute Gasteiger partial charge is 0.223 e. The van der Waals surface area contributed by atoms with Gasteiger partial charge in [-0.25, -0.2) is 9.37 Å². The van der Waals surface area contributed by atoms with Crippen molar-refractivity contribution in [2.75, 3.05) is 19.6 Å². The van der Waals surface area contributed by atoms with Gasteiger partial charge >= 0.3 is 0 Å². The number of fused-ring (bicyclic) bond motifs is 3. The number of carbonyl (C=O) groups excluding carboxylic acids is 2. The van der Waals surface area contributed by atoms with Gasteiger partial charge < -0.3 is 15.2 Å². The highest BCUT2D eigenvalue weighted by Gasteiger charge is 2.44. The maximum atomic E-state index is 14.5. The molecule has 0 spiro atoms. The Morgan fingerprint density at radius 3 is 2.37 bits per heavy atom. The Labute approximate surface area is 254 Å². The van der Waals surface area contributed by atoms with Crippen LogP contribution < -0.4 is 5.73 Å². The van der Waals surface area contributed by atoms with E-state index in [0.717, 1.165) is 55.6 Å². The molecule has 1 aromatic heterocycles. The zero-order valence-electron chi connectivity index (χ0n) is 25.9. The van der Waals surface area contributed by atoms with E-state index in [0.29, 0.717) is 37.6 Å². The number of aromatic nitrogens is 2. The van der Waals surface area contributed by atoms with Crippen molar-refractivity contribution in [1.82, 2.24) is 19.4 Å². The topological polar surface area (TPSA) is 84.5 Å². The van der Waals surface area contributed by atoms with Gasteiger partial charge in [0.05, 0.1) is 11.0 Å². The molecular formula is C35H46FN5O2. The Hall–Kier alpha value is -3.26. The summed E-state index contributed by atoms with van der Waals surface area (Å²) in [6.45, 7) is 8.25. The van der Waals surface area contributed by atoms with Crippen molar-refractivity contribution in [3.05, 3.63) is 65.7 Å².